The van der Waals surface area contributed by atoms with Crippen molar-refractivity contribution in [2.24, 2.45) is 0 Å². The highest BCUT2D eigenvalue weighted by Crippen LogP contribution is 2.16. The van der Waals surface area contributed by atoms with Crippen molar-refractivity contribution in [3.05, 3.63) is 65.5 Å². The van der Waals surface area contributed by atoms with E-state index in [1.807, 2.05) is 0 Å². The Morgan fingerprint density at radius 3 is 2.42 bits per heavy atom. The summed E-state index contributed by atoms with van der Waals surface area (Å²) < 4.78 is 13.1. The average Bonchev–Trinajstić information content (AvgIpc) is 2.99. The fourth-order valence-electron chi connectivity index (χ4n) is 3.38. The SMILES string of the molecule is CN(C)C(=O)CN1CCCN(C(=O)c2cccc(NC(=O)c3ccc(F)cc3)c2)CC1. The molecule has 7 nitrogen and oxygen atoms in total. The van der Waals surface area contributed by atoms with Gasteiger partial charge in [0.2, 0.25) is 5.91 Å². The maximum absolute atomic E-state index is 13.1. The highest BCUT2D eigenvalue weighted by molar-refractivity contribution is 6.05. The molecule has 1 N–H and O–H groups in total. The summed E-state index contributed by atoms with van der Waals surface area (Å²) in [5.41, 5.74) is 1.31. The molecule has 3 rings (SSSR count). The molecular weight excluding hydrogens is 399 g/mol. The van der Waals surface area contributed by atoms with E-state index >= 15 is 0 Å². The Hall–Kier alpha value is -3.26. The van der Waals surface area contributed by atoms with Crippen LogP contribution in [-0.2, 0) is 4.79 Å². The molecule has 0 aromatic heterocycles. The quantitative estimate of drug-likeness (QED) is 0.797. The molecule has 1 aliphatic heterocycles. The van der Waals surface area contributed by atoms with E-state index in [4.69, 9.17) is 0 Å². The van der Waals surface area contributed by atoms with Crippen molar-refractivity contribution < 1.29 is 18.8 Å². The Morgan fingerprint density at radius 1 is 0.968 bits per heavy atom. The molecule has 1 saturated heterocycles. The molecule has 0 atom stereocenters. The highest BCUT2D eigenvalue weighted by atomic mass is 19.1. The van der Waals surface area contributed by atoms with Crippen LogP contribution in [0.15, 0.2) is 48.5 Å². The summed E-state index contributed by atoms with van der Waals surface area (Å²) in [7, 11) is 3.47. The van der Waals surface area contributed by atoms with Gasteiger partial charge in [-0.3, -0.25) is 19.3 Å². The number of hydrogen-bond acceptors (Lipinski definition) is 4. The van der Waals surface area contributed by atoms with Gasteiger partial charge in [-0.05, 0) is 48.9 Å². The van der Waals surface area contributed by atoms with Crippen molar-refractivity contribution in [1.82, 2.24) is 14.7 Å². The number of rotatable bonds is 5. The van der Waals surface area contributed by atoms with Crippen molar-refractivity contribution in [2.45, 2.75) is 6.42 Å². The van der Waals surface area contributed by atoms with E-state index in [0.29, 0.717) is 43.0 Å². The fraction of sp³-hybridized carbons (Fsp3) is 0.348. The molecule has 164 valence electrons. The number of halogens is 1. The van der Waals surface area contributed by atoms with Crippen LogP contribution in [0.5, 0.6) is 0 Å². The monoisotopic (exact) mass is 426 g/mol. The number of carbonyl (C=O) groups excluding carboxylic acids is 3. The minimum atomic E-state index is -0.411. The number of anilines is 1. The average molecular weight is 426 g/mol. The van der Waals surface area contributed by atoms with Gasteiger partial charge in [-0.25, -0.2) is 4.39 Å². The maximum Gasteiger partial charge on any atom is 0.255 e. The first-order valence-corrected chi connectivity index (χ1v) is 10.2. The third-order valence-corrected chi connectivity index (χ3v) is 5.21. The van der Waals surface area contributed by atoms with Crippen LogP contribution in [-0.4, -0.2) is 79.2 Å². The number of carbonyl (C=O) groups is 3. The summed E-state index contributed by atoms with van der Waals surface area (Å²) >= 11 is 0. The molecule has 1 heterocycles. The van der Waals surface area contributed by atoms with Crippen LogP contribution in [0, 0.1) is 5.82 Å². The lowest BCUT2D eigenvalue weighted by molar-refractivity contribution is -0.129. The van der Waals surface area contributed by atoms with Crippen molar-refractivity contribution in [3.8, 4) is 0 Å². The lowest BCUT2D eigenvalue weighted by Crippen LogP contribution is -2.39. The predicted molar refractivity (Wildman–Crippen MR) is 116 cm³/mol. The number of likely N-dealkylation sites (N-methyl/N-ethyl adjacent to an activating group) is 1. The van der Waals surface area contributed by atoms with Gasteiger partial charge in [0.1, 0.15) is 5.82 Å². The van der Waals surface area contributed by atoms with E-state index in [1.54, 1.807) is 48.2 Å². The number of benzene rings is 2. The molecule has 2 aromatic rings. The van der Waals surface area contributed by atoms with Crippen molar-refractivity contribution in [1.29, 1.82) is 0 Å². The van der Waals surface area contributed by atoms with E-state index in [1.165, 1.54) is 24.3 Å². The molecule has 31 heavy (non-hydrogen) atoms. The third-order valence-electron chi connectivity index (χ3n) is 5.21. The molecule has 2 aromatic carbocycles. The molecule has 3 amide bonds. The minimum Gasteiger partial charge on any atom is -0.348 e. The Morgan fingerprint density at radius 2 is 1.71 bits per heavy atom. The molecule has 1 aliphatic rings. The van der Waals surface area contributed by atoms with E-state index in [-0.39, 0.29) is 17.7 Å². The van der Waals surface area contributed by atoms with Gasteiger partial charge < -0.3 is 15.1 Å². The lowest BCUT2D eigenvalue weighted by atomic mass is 10.1. The molecule has 0 unspecified atom stereocenters. The third kappa shape index (κ3) is 6.11. The summed E-state index contributed by atoms with van der Waals surface area (Å²) in [4.78, 5) is 42.7. The van der Waals surface area contributed by atoms with E-state index in [0.717, 1.165) is 13.0 Å². The Balaban J connectivity index is 1.62. The molecule has 0 saturated carbocycles. The van der Waals surface area contributed by atoms with Crippen molar-refractivity contribution in [2.75, 3.05) is 52.1 Å². The van der Waals surface area contributed by atoms with Gasteiger partial charge in [-0.1, -0.05) is 6.07 Å². The van der Waals surface area contributed by atoms with Crippen LogP contribution < -0.4 is 5.32 Å². The summed E-state index contributed by atoms with van der Waals surface area (Å²) in [6.07, 6.45) is 0.785. The Bertz CT molecular complexity index is 946. The zero-order valence-electron chi connectivity index (χ0n) is 17.8. The standard InChI is InChI=1S/C23H27FN4O3/c1-26(2)21(29)16-27-11-4-12-28(14-13-27)23(31)18-5-3-6-20(15-18)25-22(30)17-7-9-19(24)10-8-17/h3,5-10,15H,4,11-14,16H2,1-2H3,(H,25,30). The topological polar surface area (TPSA) is 73.0 Å². The van der Waals surface area contributed by atoms with E-state index in [2.05, 4.69) is 10.2 Å². The number of amides is 3. The smallest absolute Gasteiger partial charge is 0.255 e. The van der Waals surface area contributed by atoms with Gasteiger partial charge in [0.15, 0.2) is 0 Å². The fourth-order valence-corrected chi connectivity index (χ4v) is 3.38. The molecule has 0 spiro atoms. The molecular formula is C23H27FN4O3. The highest BCUT2D eigenvalue weighted by Gasteiger charge is 2.22. The van der Waals surface area contributed by atoms with Gasteiger partial charge in [0.05, 0.1) is 6.54 Å². The summed E-state index contributed by atoms with van der Waals surface area (Å²) in [6.45, 7) is 2.88. The number of nitrogens with one attached hydrogen (secondary N) is 1. The minimum absolute atomic E-state index is 0.0457. The van der Waals surface area contributed by atoms with Gasteiger partial charge in [-0.2, -0.15) is 0 Å². The van der Waals surface area contributed by atoms with Gasteiger partial charge in [0, 0.05) is 57.1 Å². The summed E-state index contributed by atoms with van der Waals surface area (Å²) in [5.74, 6) is -0.852. The second-order valence-electron chi connectivity index (χ2n) is 7.75. The Kier molecular flexibility index (Phi) is 7.36. The molecule has 0 aliphatic carbocycles. The van der Waals surface area contributed by atoms with E-state index in [9.17, 15) is 18.8 Å². The first kappa shape index (κ1) is 22.4. The normalized spacial score (nSPS) is 14.6. The second kappa shape index (κ2) is 10.2. The number of nitrogens with zero attached hydrogens (tertiary/aromatic N) is 3. The largest absolute Gasteiger partial charge is 0.348 e. The Labute approximate surface area is 181 Å². The van der Waals surface area contributed by atoms with Gasteiger partial charge >= 0.3 is 0 Å². The van der Waals surface area contributed by atoms with Crippen LogP contribution >= 0.6 is 0 Å². The van der Waals surface area contributed by atoms with Crippen LogP contribution in [0.4, 0.5) is 10.1 Å². The summed E-state index contributed by atoms with van der Waals surface area (Å²) in [5, 5.41) is 2.74. The van der Waals surface area contributed by atoms with Crippen LogP contribution in [0.1, 0.15) is 27.1 Å². The van der Waals surface area contributed by atoms with Crippen LogP contribution in [0.3, 0.4) is 0 Å². The van der Waals surface area contributed by atoms with Crippen molar-refractivity contribution >= 4 is 23.4 Å². The van der Waals surface area contributed by atoms with Gasteiger partial charge in [0.25, 0.3) is 11.8 Å². The molecule has 0 bridgehead atoms. The zero-order valence-corrected chi connectivity index (χ0v) is 17.8. The van der Waals surface area contributed by atoms with Crippen molar-refractivity contribution in [3.63, 3.8) is 0 Å². The first-order valence-electron chi connectivity index (χ1n) is 10.2. The number of hydrogen-bond donors (Lipinski definition) is 1. The van der Waals surface area contributed by atoms with Gasteiger partial charge in [-0.15, -0.1) is 0 Å². The molecule has 8 heteroatoms. The first-order chi connectivity index (χ1) is 14.8. The predicted octanol–water partition coefficient (Wildman–Crippen LogP) is 2.31. The van der Waals surface area contributed by atoms with Crippen LogP contribution in [0.2, 0.25) is 0 Å². The van der Waals surface area contributed by atoms with Crippen LogP contribution in [0.25, 0.3) is 0 Å². The maximum atomic E-state index is 13.1. The second-order valence-corrected chi connectivity index (χ2v) is 7.75. The lowest BCUT2D eigenvalue weighted by Gasteiger charge is -2.23. The molecule has 1 fully saturated rings. The van der Waals surface area contributed by atoms with E-state index < -0.39 is 5.82 Å². The zero-order chi connectivity index (χ0) is 22.4. The molecule has 0 radical (unpaired) electrons. The summed E-state index contributed by atoms with van der Waals surface area (Å²) in [6, 6.07) is 12.0.